The molecule has 0 saturated heterocycles. The van der Waals surface area contributed by atoms with E-state index in [1.807, 2.05) is 13.8 Å². The molecular weight excluding hydrogens is 328 g/mol. The van der Waals surface area contributed by atoms with E-state index in [2.05, 4.69) is 15.6 Å². The summed E-state index contributed by atoms with van der Waals surface area (Å²) in [6.07, 6.45) is 0. The average Bonchev–Trinajstić information content (AvgIpc) is 2.98. The van der Waals surface area contributed by atoms with Gasteiger partial charge in [-0.2, -0.15) is 0 Å². The Morgan fingerprint density at radius 1 is 1.38 bits per heavy atom. The highest BCUT2D eigenvalue weighted by Gasteiger charge is 2.16. The zero-order valence-electron chi connectivity index (χ0n) is 13.8. The van der Waals surface area contributed by atoms with Crippen LogP contribution in [0.25, 0.3) is 11.1 Å². The minimum atomic E-state index is -0.470. The van der Waals surface area contributed by atoms with Crippen LogP contribution in [0.15, 0.2) is 27.4 Å². The first-order chi connectivity index (χ1) is 11.3. The van der Waals surface area contributed by atoms with E-state index in [-0.39, 0.29) is 5.91 Å². The molecule has 0 radical (unpaired) electrons. The Labute approximate surface area is 142 Å². The summed E-state index contributed by atoms with van der Waals surface area (Å²) in [6.45, 7) is 5.63. The number of rotatable bonds is 4. The van der Waals surface area contributed by atoms with Crippen LogP contribution < -0.4 is 16.4 Å². The number of aromatic nitrogens is 2. The molecule has 0 saturated carbocycles. The number of benzene rings is 1. The summed E-state index contributed by atoms with van der Waals surface area (Å²) in [6, 6.07) is 4.82. The minimum Gasteiger partial charge on any atom is -0.408 e. The van der Waals surface area contributed by atoms with Crippen LogP contribution in [-0.4, -0.2) is 21.5 Å². The van der Waals surface area contributed by atoms with E-state index >= 15 is 0 Å². The molecule has 0 aliphatic heterocycles. The second-order valence-electron chi connectivity index (χ2n) is 5.63. The van der Waals surface area contributed by atoms with Crippen molar-refractivity contribution in [3.8, 4) is 0 Å². The van der Waals surface area contributed by atoms with E-state index in [0.717, 1.165) is 10.6 Å². The van der Waals surface area contributed by atoms with E-state index in [4.69, 9.17) is 4.42 Å². The fraction of sp³-hybridized carbons (Fsp3) is 0.312. The number of hydrogen-bond donors (Lipinski definition) is 2. The van der Waals surface area contributed by atoms with Gasteiger partial charge in [-0.05, 0) is 32.9 Å². The topological polar surface area (TPSA) is 89.2 Å². The predicted octanol–water partition coefficient (Wildman–Crippen LogP) is 2.64. The fourth-order valence-corrected chi connectivity index (χ4v) is 3.10. The number of nitrogens with one attached hydrogen (secondary N) is 2. The largest absolute Gasteiger partial charge is 0.419 e. The summed E-state index contributed by atoms with van der Waals surface area (Å²) in [7, 11) is 1.65. The van der Waals surface area contributed by atoms with Gasteiger partial charge in [-0.25, -0.2) is 9.78 Å². The quantitative estimate of drug-likeness (QED) is 0.758. The fourth-order valence-electron chi connectivity index (χ4n) is 2.28. The van der Waals surface area contributed by atoms with Gasteiger partial charge in [0.25, 0.3) is 0 Å². The van der Waals surface area contributed by atoms with Gasteiger partial charge in [-0.15, -0.1) is 11.3 Å². The number of aryl methyl sites for hydroxylation is 3. The molecule has 0 fully saturated rings. The highest BCUT2D eigenvalue weighted by molar-refractivity contribution is 7.15. The Kier molecular flexibility index (Phi) is 4.15. The van der Waals surface area contributed by atoms with Crippen LogP contribution in [0.2, 0.25) is 0 Å². The molecule has 0 bridgehead atoms. The normalized spacial score (nSPS) is 12.3. The zero-order valence-corrected chi connectivity index (χ0v) is 14.7. The van der Waals surface area contributed by atoms with Crippen molar-refractivity contribution in [3.05, 3.63) is 39.3 Å². The number of carbonyl (C=O) groups excluding carboxylic acids is 1. The predicted molar refractivity (Wildman–Crippen MR) is 94.8 cm³/mol. The second-order valence-corrected chi connectivity index (χ2v) is 6.83. The van der Waals surface area contributed by atoms with Crippen LogP contribution in [-0.2, 0) is 11.8 Å². The van der Waals surface area contributed by atoms with Crippen molar-refractivity contribution >= 4 is 39.2 Å². The van der Waals surface area contributed by atoms with Crippen molar-refractivity contribution in [1.82, 2.24) is 9.55 Å². The van der Waals surface area contributed by atoms with E-state index in [0.29, 0.717) is 21.9 Å². The number of anilines is 2. The number of thiazole rings is 1. The summed E-state index contributed by atoms with van der Waals surface area (Å²) >= 11 is 1.45. The van der Waals surface area contributed by atoms with Gasteiger partial charge in [0, 0.05) is 23.7 Å². The lowest BCUT2D eigenvalue weighted by atomic mass is 10.2. The third kappa shape index (κ3) is 3.05. The van der Waals surface area contributed by atoms with Crippen molar-refractivity contribution in [1.29, 1.82) is 0 Å². The van der Waals surface area contributed by atoms with Gasteiger partial charge in [-0.3, -0.25) is 9.36 Å². The lowest BCUT2D eigenvalue weighted by Gasteiger charge is -2.14. The molecule has 0 aliphatic rings. The van der Waals surface area contributed by atoms with Crippen molar-refractivity contribution in [3.63, 3.8) is 0 Å². The second kappa shape index (κ2) is 6.12. The number of fused-ring (bicyclic) bond motifs is 1. The summed E-state index contributed by atoms with van der Waals surface area (Å²) in [5, 5.41) is 6.49. The maximum absolute atomic E-state index is 12.3. The van der Waals surface area contributed by atoms with Crippen LogP contribution in [0.5, 0.6) is 0 Å². The number of hydrogen-bond acceptors (Lipinski definition) is 6. The van der Waals surface area contributed by atoms with Gasteiger partial charge >= 0.3 is 5.76 Å². The van der Waals surface area contributed by atoms with Gasteiger partial charge in [0.05, 0.1) is 11.2 Å². The lowest BCUT2D eigenvalue weighted by Crippen LogP contribution is -2.31. The van der Waals surface area contributed by atoms with Crippen LogP contribution >= 0.6 is 11.3 Å². The number of nitrogens with zero attached hydrogens (tertiary/aromatic N) is 2. The van der Waals surface area contributed by atoms with Crippen molar-refractivity contribution in [2.75, 3.05) is 10.6 Å². The van der Waals surface area contributed by atoms with Crippen molar-refractivity contribution in [2.45, 2.75) is 26.8 Å². The first-order valence-corrected chi connectivity index (χ1v) is 8.28. The first kappa shape index (κ1) is 16.3. The Balaban J connectivity index is 1.72. The maximum Gasteiger partial charge on any atom is 0.419 e. The Bertz CT molecular complexity index is 950. The van der Waals surface area contributed by atoms with Gasteiger partial charge < -0.3 is 15.1 Å². The van der Waals surface area contributed by atoms with Crippen molar-refractivity contribution in [2.24, 2.45) is 7.05 Å². The standard InChI is InChI=1S/C16H18N4O3S/c1-8-10(3)24-15(18-8)19-14(21)9(2)17-11-5-6-12-13(7-11)23-16(22)20(12)4/h5-7,9,17H,1-4H3,(H,18,19,21). The maximum atomic E-state index is 12.3. The summed E-state index contributed by atoms with van der Waals surface area (Å²) in [4.78, 5) is 29.2. The molecule has 2 heterocycles. The number of carbonyl (C=O) groups is 1. The van der Waals surface area contributed by atoms with E-state index in [1.165, 1.54) is 15.9 Å². The Morgan fingerprint density at radius 2 is 2.12 bits per heavy atom. The van der Waals surface area contributed by atoms with Gasteiger partial charge in [0.1, 0.15) is 6.04 Å². The summed E-state index contributed by atoms with van der Waals surface area (Å²) in [5.41, 5.74) is 2.80. The molecule has 2 N–H and O–H groups in total. The smallest absolute Gasteiger partial charge is 0.408 e. The minimum absolute atomic E-state index is 0.182. The molecule has 126 valence electrons. The van der Waals surface area contributed by atoms with Gasteiger partial charge in [0.2, 0.25) is 5.91 Å². The summed E-state index contributed by atoms with van der Waals surface area (Å²) < 4.78 is 6.58. The van der Waals surface area contributed by atoms with Crippen LogP contribution in [0.3, 0.4) is 0 Å². The molecule has 1 unspecified atom stereocenters. The van der Waals surface area contributed by atoms with Gasteiger partial charge in [0.15, 0.2) is 10.7 Å². The van der Waals surface area contributed by atoms with E-state index in [1.54, 1.807) is 32.2 Å². The monoisotopic (exact) mass is 346 g/mol. The first-order valence-electron chi connectivity index (χ1n) is 7.46. The Morgan fingerprint density at radius 3 is 2.79 bits per heavy atom. The molecule has 1 aromatic carbocycles. The molecule has 1 amide bonds. The molecule has 3 aromatic rings. The van der Waals surface area contributed by atoms with Gasteiger partial charge in [-0.1, -0.05) is 0 Å². The van der Waals surface area contributed by atoms with Crippen LogP contribution in [0.4, 0.5) is 10.8 Å². The summed E-state index contributed by atoms with van der Waals surface area (Å²) in [5.74, 6) is -0.596. The molecular formula is C16H18N4O3S. The average molecular weight is 346 g/mol. The molecule has 3 rings (SSSR count). The van der Waals surface area contributed by atoms with Crippen LogP contribution in [0, 0.1) is 13.8 Å². The molecule has 8 heteroatoms. The third-order valence-corrected chi connectivity index (χ3v) is 4.82. The number of oxazole rings is 1. The molecule has 0 aliphatic carbocycles. The SMILES string of the molecule is Cc1nc(NC(=O)C(C)Nc2ccc3c(c2)oc(=O)n3C)sc1C. The highest BCUT2D eigenvalue weighted by atomic mass is 32.1. The molecule has 0 spiro atoms. The zero-order chi connectivity index (χ0) is 17.4. The molecule has 7 nitrogen and oxygen atoms in total. The molecule has 24 heavy (non-hydrogen) atoms. The third-order valence-electron chi connectivity index (χ3n) is 3.83. The lowest BCUT2D eigenvalue weighted by molar-refractivity contribution is -0.116. The molecule has 2 aromatic heterocycles. The van der Waals surface area contributed by atoms with E-state index in [9.17, 15) is 9.59 Å². The van der Waals surface area contributed by atoms with E-state index < -0.39 is 11.8 Å². The van der Waals surface area contributed by atoms with Crippen molar-refractivity contribution < 1.29 is 9.21 Å². The molecule has 1 atom stereocenters. The highest BCUT2D eigenvalue weighted by Crippen LogP contribution is 2.22. The van der Waals surface area contributed by atoms with Crippen LogP contribution in [0.1, 0.15) is 17.5 Å². The Hall–Kier alpha value is -2.61. The number of amides is 1.